The van der Waals surface area contributed by atoms with Crippen molar-refractivity contribution in [1.82, 2.24) is 5.32 Å². The summed E-state index contributed by atoms with van der Waals surface area (Å²) in [5.41, 5.74) is 0.323. The zero-order valence-corrected chi connectivity index (χ0v) is 20.2. The number of benzene rings is 2. The van der Waals surface area contributed by atoms with Gasteiger partial charge >= 0.3 is 6.09 Å². The highest BCUT2D eigenvalue weighted by Gasteiger charge is 2.26. The third-order valence-corrected chi connectivity index (χ3v) is 5.38. The van der Waals surface area contributed by atoms with Gasteiger partial charge in [-0.25, -0.2) is 4.79 Å². The molecule has 33 heavy (non-hydrogen) atoms. The van der Waals surface area contributed by atoms with Crippen LogP contribution in [0.15, 0.2) is 42.5 Å². The molecule has 0 radical (unpaired) electrons. The van der Waals surface area contributed by atoms with Crippen molar-refractivity contribution in [2.24, 2.45) is 0 Å². The molecule has 0 bridgehead atoms. The molecular weight excluding hydrogens is 446 g/mol. The van der Waals surface area contributed by atoms with Gasteiger partial charge in [0.25, 0.3) is 0 Å². The predicted molar refractivity (Wildman–Crippen MR) is 126 cm³/mol. The quantitative estimate of drug-likeness (QED) is 0.524. The van der Waals surface area contributed by atoms with E-state index >= 15 is 0 Å². The average Bonchev–Trinajstić information content (AvgIpc) is 2.76. The van der Waals surface area contributed by atoms with E-state index in [1.165, 1.54) is 26.4 Å². The molecule has 0 heterocycles. The zero-order valence-electron chi connectivity index (χ0n) is 19.3. The lowest BCUT2D eigenvalue weighted by atomic mass is 10.1. The lowest BCUT2D eigenvalue weighted by Gasteiger charge is -2.23. The summed E-state index contributed by atoms with van der Waals surface area (Å²) in [6.45, 7) is 5.16. The van der Waals surface area contributed by atoms with E-state index in [-0.39, 0.29) is 23.7 Å². The monoisotopic (exact) mass is 475 g/mol. The maximum Gasteiger partial charge on any atom is 0.408 e. The number of ketones is 1. The molecule has 0 saturated heterocycles. The molecule has 1 unspecified atom stereocenters. The van der Waals surface area contributed by atoms with Gasteiger partial charge in [0.05, 0.1) is 25.5 Å². The van der Waals surface area contributed by atoms with Crippen LogP contribution in [0.3, 0.4) is 0 Å². The van der Waals surface area contributed by atoms with Crippen molar-refractivity contribution in [3.05, 3.63) is 53.6 Å². The molecule has 1 amide bonds. The second kappa shape index (κ2) is 11.6. The number of Topliss-reactive ketones (excluding diaryl/α,β-unsaturated/α-hetero) is 1. The van der Waals surface area contributed by atoms with Gasteiger partial charge in [-0.3, -0.25) is 9.59 Å². The Kier molecular flexibility index (Phi) is 9.16. The van der Waals surface area contributed by atoms with Crippen molar-refractivity contribution in [3.8, 4) is 17.2 Å². The molecule has 2 aromatic rings. The number of thioether (sulfide) groups is 1. The number of alkyl carbamates (subject to hydrolysis) is 1. The fourth-order valence-electron chi connectivity index (χ4n) is 2.85. The minimum absolute atomic E-state index is 0.0927. The van der Waals surface area contributed by atoms with Gasteiger partial charge in [-0.2, -0.15) is 0 Å². The molecule has 0 saturated carbocycles. The van der Waals surface area contributed by atoms with Gasteiger partial charge in [0.15, 0.2) is 5.78 Å². The summed E-state index contributed by atoms with van der Waals surface area (Å²) in [6.07, 6.45) is -0.561. The predicted octanol–water partition coefficient (Wildman–Crippen LogP) is 3.99. The van der Waals surface area contributed by atoms with Gasteiger partial charge in [-0.05, 0) is 50.6 Å². The van der Waals surface area contributed by atoms with Gasteiger partial charge in [0.2, 0.25) is 5.12 Å². The molecule has 178 valence electrons. The number of carbonyl (C=O) groups excluding carboxylic acids is 3. The molecule has 1 atom stereocenters. The molecule has 2 N–H and O–H groups in total. The summed E-state index contributed by atoms with van der Waals surface area (Å²) in [5, 5.41) is 11.7. The lowest BCUT2D eigenvalue weighted by Crippen LogP contribution is -2.44. The molecule has 0 aromatic heterocycles. The van der Waals surface area contributed by atoms with Gasteiger partial charge < -0.3 is 24.6 Å². The van der Waals surface area contributed by atoms with Crippen LogP contribution in [0.4, 0.5) is 4.79 Å². The largest absolute Gasteiger partial charge is 0.508 e. The number of amides is 1. The summed E-state index contributed by atoms with van der Waals surface area (Å²) < 4.78 is 15.7. The van der Waals surface area contributed by atoms with Crippen LogP contribution in [0.1, 0.15) is 36.7 Å². The minimum atomic E-state index is -0.931. The maximum atomic E-state index is 12.9. The van der Waals surface area contributed by atoms with E-state index in [0.29, 0.717) is 17.1 Å². The van der Waals surface area contributed by atoms with Crippen molar-refractivity contribution in [3.63, 3.8) is 0 Å². The van der Waals surface area contributed by atoms with Gasteiger partial charge in [-0.1, -0.05) is 23.9 Å². The van der Waals surface area contributed by atoms with Crippen LogP contribution in [0.25, 0.3) is 0 Å². The second-order valence-electron chi connectivity index (χ2n) is 8.17. The molecule has 2 rings (SSSR count). The van der Waals surface area contributed by atoms with E-state index in [9.17, 15) is 19.5 Å². The standard InChI is InChI=1S/C24H29NO7S/c1-24(2,3)32-23(29)25-19(12-15-6-8-16(26)9-7-15)22(28)33-14-20(27)18-11-10-17(30-4)13-21(18)31-5/h6-11,13,19,26H,12,14H2,1-5H3,(H,25,29). The Balaban J connectivity index is 2.12. The van der Waals surface area contributed by atoms with Crippen molar-refractivity contribution >= 4 is 28.8 Å². The number of hydrogen-bond donors (Lipinski definition) is 2. The molecular formula is C24H29NO7S. The first kappa shape index (κ1) is 26.1. The first-order valence-corrected chi connectivity index (χ1v) is 11.2. The van der Waals surface area contributed by atoms with E-state index in [4.69, 9.17) is 14.2 Å². The summed E-state index contributed by atoms with van der Waals surface area (Å²) in [7, 11) is 2.96. The van der Waals surface area contributed by atoms with Crippen LogP contribution >= 0.6 is 11.8 Å². The maximum absolute atomic E-state index is 12.9. The number of phenols is 1. The smallest absolute Gasteiger partial charge is 0.408 e. The van der Waals surface area contributed by atoms with E-state index in [1.54, 1.807) is 51.1 Å². The van der Waals surface area contributed by atoms with Crippen LogP contribution in [0.2, 0.25) is 0 Å². The molecule has 9 heteroatoms. The second-order valence-corrected chi connectivity index (χ2v) is 9.15. The van der Waals surface area contributed by atoms with Gasteiger partial charge in [0.1, 0.15) is 28.9 Å². The van der Waals surface area contributed by atoms with Crippen molar-refractivity contribution in [2.45, 2.75) is 38.8 Å². The average molecular weight is 476 g/mol. The molecule has 0 aliphatic heterocycles. The van der Waals surface area contributed by atoms with Crippen LogP contribution < -0.4 is 14.8 Å². The third-order valence-electron chi connectivity index (χ3n) is 4.41. The van der Waals surface area contributed by atoms with E-state index in [2.05, 4.69) is 5.32 Å². The fourth-order valence-corrected chi connectivity index (χ4v) is 3.63. The van der Waals surface area contributed by atoms with Crippen LogP contribution in [0.5, 0.6) is 17.2 Å². The lowest BCUT2D eigenvalue weighted by molar-refractivity contribution is -0.112. The Hall–Kier alpha value is -3.20. The Labute approximate surface area is 197 Å². The number of nitrogens with one attached hydrogen (secondary N) is 1. The molecule has 0 fully saturated rings. The highest BCUT2D eigenvalue weighted by atomic mass is 32.2. The number of rotatable bonds is 9. The highest BCUT2D eigenvalue weighted by molar-refractivity contribution is 8.14. The van der Waals surface area contributed by atoms with Crippen molar-refractivity contribution in [2.75, 3.05) is 20.0 Å². The Morgan fingerprint density at radius 1 is 1.03 bits per heavy atom. The molecule has 2 aromatic carbocycles. The van der Waals surface area contributed by atoms with Crippen LogP contribution in [-0.4, -0.2) is 53.7 Å². The van der Waals surface area contributed by atoms with E-state index in [0.717, 1.165) is 17.3 Å². The Morgan fingerprint density at radius 3 is 2.27 bits per heavy atom. The number of carbonyl (C=O) groups is 3. The third kappa shape index (κ3) is 8.34. The normalized spacial score (nSPS) is 11.9. The number of methoxy groups -OCH3 is 2. The fraction of sp³-hybridized carbons (Fsp3) is 0.375. The molecule has 0 aliphatic carbocycles. The van der Waals surface area contributed by atoms with E-state index in [1.807, 2.05) is 0 Å². The summed E-state index contributed by atoms with van der Waals surface area (Å²) >= 11 is 0.804. The van der Waals surface area contributed by atoms with Crippen molar-refractivity contribution in [1.29, 1.82) is 0 Å². The molecule has 0 aliphatic rings. The number of phenolic OH excluding ortho intramolecular Hbond substituents is 1. The van der Waals surface area contributed by atoms with Gasteiger partial charge in [-0.15, -0.1) is 0 Å². The molecule has 8 nitrogen and oxygen atoms in total. The zero-order chi connectivity index (χ0) is 24.6. The topological polar surface area (TPSA) is 111 Å². The first-order chi connectivity index (χ1) is 15.5. The summed E-state index contributed by atoms with van der Waals surface area (Å²) in [5.74, 6) is 0.551. The van der Waals surface area contributed by atoms with Crippen molar-refractivity contribution < 1.29 is 33.7 Å². The van der Waals surface area contributed by atoms with E-state index < -0.39 is 22.9 Å². The summed E-state index contributed by atoms with van der Waals surface area (Å²) in [4.78, 5) is 38.0. The number of aromatic hydroxyl groups is 1. The number of ether oxygens (including phenoxy) is 3. The van der Waals surface area contributed by atoms with Crippen LogP contribution in [-0.2, 0) is 16.0 Å². The minimum Gasteiger partial charge on any atom is -0.508 e. The first-order valence-electron chi connectivity index (χ1n) is 10.2. The SMILES string of the molecule is COc1ccc(C(=O)CSC(=O)C(Cc2ccc(O)cc2)NC(=O)OC(C)(C)C)c(OC)c1. The highest BCUT2D eigenvalue weighted by Crippen LogP contribution is 2.26. The van der Waals surface area contributed by atoms with Crippen LogP contribution in [0, 0.1) is 0 Å². The summed E-state index contributed by atoms with van der Waals surface area (Å²) in [6, 6.07) is 10.2. The Bertz CT molecular complexity index is 983. The van der Waals surface area contributed by atoms with Gasteiger partial charge in [0, 0.05) is 12.5 Å². The Morgan fingerprint density at radius 2 is 1.70 bits per heavy atom. The number of hydrogen-bond acceptors (Lipinski definition) is 8. The molecule has 0 spiro atoms.